The molecule has 6 nitrogen and oxygen atoms in total. The average molecular weight is 279 g/mol. The van der Waals surface area contributed by atoms with E-state index in [0.29, 0.717) is 5.16 Å². The second-order valence-corrected chi connectivity index (χ2v) is 5.09. The van der Waals surface area contributed by atoms with Crippen LogP contribution in [0.15, 0.2) is 43.9 Å². The summed E-state index contributed by atoms with van der Waals surface area (Å²) in [5.41, 5.74) is -0.731. The van der Waals surface area contributed by atoms with E-state index in [2.05, 4.69) is 10.1 Å². The molecule has 0 aliphatic heterocycles. The van der Waals surface area contributed by atoms with E-state index in [1.807, 2.05) is 12.1 Å². The van der Waals surface area contributed by atoms with Gasteiger partial charge in [0.2, 0.25) is 0 Å². The minimum atomic E-state index is -0.804. The Balaban J connectivity index is 2.29. The number of hydrogen-bond acceptors (Lipinski definition) is 5. The Hall–Kier alpha value is -1.86. The monoisotopic (exact) mass is 279 g/mol. The van der Waals surface area contributed by atoms with Crippen LogP contribution in [0.2, 0.25) is 0 Å². The average Bonchev–Trinajstić information content (AvgIpc) is 2.36. The van der Waals surface area contributed by atoms with Crippen LogP contribution in [0.3, 0.4) is 0 Å². The molecule has 0 spiro atoms. The zero-order valence-corrected chi connectivity index (χ0v) is 11.3. The molecule has 1 heterocycles. The van der Waals surface area contributed by atoms with Gasteiger partial charge in [-0.05, 0) is 24.6 Å². The lowest BCUT2D eigenvalue weighted by molar-refractivity contribution is 0.199. The Morgan fingerprint density at radius 3 is 2.53 bits per heavy atom. The van der Waals surface area contributed by atoms with Crippen molar-refractivity contribution in [2.24, 2.45) is 7.05 Å². The molecule has 0 saturated heterocycles. The number of nitrogens with zero attached hydrogens (tertiary/aromatic N) is 2. The molecule has 0 radical (unpaired) electrons. The van der Waals surface area contributed by atoms with Crippen molar-refractivity contribution in [1.29, 1.82) is 0 Å². The molecular formula is C12H13N3O3S. The van der Waals surface area contributed by atoms with Crippen molar-refractivity contribution in [1.82, 2.24) is 14.8 Å². The van der Waals surface area contributed by atoms with Gasteiger partial charge in [0.1, 0.15) is 0 Å². The Bertz CT molecular complexity index is 689. The van der Waals surface area contributed by atoms with Crippen molar-refractivity contribution in [3.63, 3.8) is 0 Å². The van der Waals surface area contributed by atoms with Crippen LogP contribution in [0.4, 0.5) is 0 Å². The molecule has 0 unspecified atom stereocenters. The number of H-pyrrole nitrogens is 1. The van der Waals surface area contributed by atoms with Gasteiger partial charge in [0.05, 0.1) is 6.10 Å². The molecule has 0 bridgehead atoms. The third kappa shape index (κ3) is 3.12. The van der Waals surface area contributed by atoms with Crippen LogP contribution in [0.1, 0.15) is 18.6 Å². The fourth-order valence-corrected chi connectivity index (χ4v) is 2.27. The summed E-state index contributed by atoms with van der Waals surface area (Å²) in [5.74, 6) is 0. The van der Waals surface area contributed by atoms with Gasteiger partial charge in [0.25, 0.3) is 0 Å². The SMILES string of the molecule is C[C@@H](O)c1ccc(Sc2nc(=O)c(=O)[nH]n2C)cc1. The molecule has 19 heavy (non-hydrogen) atoms. The summed E-state index contributed by atoms with van der Waals surface area (Å²) in [6, 6.07) is 7.25. The van der Waals surface area contributed by atoms with E-state index >= 15 is 0 Å². The van der Waals surface area contributed by atoms with Crippen LogP contribution in [0, 0.1) is 0 Å². The van der Waals surface area contributed by atoms with Gasteiger partial charge in [0, 0.05) is 11.9 Å². The van der Waals surface area contributed by atoms with Crippen LogP contribution in [0.25, 0.3) is 0 Å². The number of aromatic nitrogens is 3. The minimum Gasteiger partial charge on any atom is -0.389 e. The van der Waals surface area contributed by atoms with E-state index in [1.165, 1.54) is 16.4 Å². The zero-order valence-electron chi connectivity index (χ0n) is 10.5. The van der Waals surface area contributed by atoms with Gasteiger partial charge in [-0.2, -0.15) is 4.98 Å². The quantitative estimate of drug-likeness (QED) is 0.806. The first-order chi connectivity index (χ1) is 8.97. The molecular weight excluding hydrogens is 266 g/mol. The maximum Gasteiger partial charge on any atom is 0.339 e. The molecule has 0 saturated carbocycles. The van der Waals surface area contributed by atoms with Crippen molar-refractivity contribution in [2.45, 2.75) is 23.1 Å². The molecule has 1 aromatic carbocycles. The number of rotatable bonds is 3. The Kier molecular flexibility index (Phi) is 3.87. The van der Waals surface area contributed by atoms with Crippen LogP contribution in [-0.4, -0.2) is 19.9 Å². The third-order valence-electron chi connectivity index (χ3n) is 2.52. The van der Waals surface area contributed by atoms with Gasteiger partial charge < -0.3 is 5.11 Å². The summed E-state index contributed by atoms with van der Waals surface area (Å²) in [7, 11) is 1.61. The van der Waals surface area contributed by atoms with Gasteiger partial charge >= 0.3 is 11.1 Å². The molecule has 0 aliphatic rings. The van der Waals surface area contributed by atoms with Crippen molar-refractivity contribution >= 4 is 11.8 Å². The van der Waals surface area contributed by atoms with Gasteiger partial charge in [-0.3, -0.25) is 19.4 Å². The van der Waals surface area contributed by atoms with E-state index in [-0.39, 0.29) is 0 Å². The lowest BCUT2D eigenvalue weighted by Crippen LogP contribution is -2.33. The van der Waals surface area contributed by atoms with E-state index < -0.39 is 17.2 Å². The number of aliphatic hydroxyl groups excluding tert-OH is 1. The van der Waals surface area contributed by atoms with Gasteiger partial charge in [-0.25, -0.2) is 0 Å². The Morgan fingerprint density at radius 1 is 1.32 bits per heavy atom. The molecule has 0 aliphatic carbocycles. The number of nitrogens with one attached hydrogen (secondary N) is 1. The zero-order chi connectivity index (χ0) is 14.0. The summed E-state index contributed by atoms with van der Waals surface area (Å²) < 4.78 is 1.40. The second-order valence-electron chi connectivity index (χ2n) is 4.05. The highest BCUT2D eigenvalue weighted by Gasteiger charge is 2.07. The molecule has 2 N–H and O–H groups in total. The Labute approximate surface area is 113 Å². The number of aromatic amines is 1. The molecule has 2 aromatic rings. The predicted octanol–water partition coefficient (Wildman–Crippen LogP) is 0.673. The molecule has 1 aromatic heterocycles. The number of hydrogen-bond donors (Lipinski definition) is 2. The van der Waals surface area contributed by atoms with Crippen LogP contribution in [0.5, 0.6) is 0 Å². The molecule has 0 amide bonds. The highest BCUT2D eigenvalue weighted by molar-refractivity contribution is 7.99. The summed E-state index contributed by atoms with van der Waals surface area (Å²) >= 11 is 1.26. The van der Waals surface area contributed by atoms with Crippen molar-refractivity contribution < 1.29 is 5.11 Å². The molecule has 7 heteroatoms. The summed E-state index contributed by atoms with van der Waals surface area (Å²) in [6.45, 7) is 1.69. The summed E-state index contributed by atoms with van der Waals surface area (Å²) in [5, 5.41) is 12.2. The number of benzene rings is 1. The van der Waals surface area contributed by atoms with Crippen molar-refractivity contribution in [3.8, 4) is 0 Å². The molecule has 2 rings (SSSR count). The maximum absolute atomic E-state index is 11.2. The largest absolute Gasteiger partial charge is 0.389 e. The normalized spacial score (nSPS) is 12.4. The van der Waals surface area contributed by atoms with Gasteiger partial charge in [0.15, 0.2) is 5.16 Å². The van der Waals surface area contributed by atoms with Gasteiger partial charge in [-0.15, -0.1) is 0 Å². The fourth-order valence-electron chi connectivity index (χ4n) is 1.47. The first kappa shape index (κ1) is 13.6. The molecule has 100 valence electrons. The van der Waals surface area contributed by atoms with Crippen molar-refractivity contribution in [2.75, 3.05) is 0 Å². The van der Waals surface area contributed by atoms with Gasteiger partial charge in [-0.1, -0.05) is 23.9 Å². The first-order valence-corrected chi connectivity index (χ1v) is 6.42. The van der Waals surface area contributed by atoms with Crippen LogP contribution >= 0.6 is 11.8 Å². The lowest BCUT2D eigenvalue weighted by Gasteiger charge is -2.07. The molecule has 1 atom stereocenters. The van der Waals surface area contributed by atoms with E-state index in [9.17, 15) is 14.7 Å². The fraction of sp³-hybridized carbons (Fsp3) is 0.250. The number of aryl methyl sites for hydroxylation is 1. The van der Waals surface area contributed by atoms with Crippen LogP contribution < -0.4 is 11.1 Å². The minimum absolute atomic E-state index is 0.398. The first-order valence-electron chi connectivity index (χ1n) is 5.60. The molecule has 0 fully saturated rings. The topological polar surface area (TPSA) is 88.0 Å². The Morgan fingerprint density at radius 2 is 1.95 bits per heavy atom. The van der Waals surface area contributed by atoms with E-state index in [1.54, 1.807) is 26.1 Å². The summed E-state index contributed by atoms with van der Waals surface area (Å²) in [6.07, 6.45) is -0.519. The second kappa shape index (κ2) is 5.41. The summed E-state index contributed by atoms with van der Waals surface area (Å²) in [4.78, 5) is 26.8. The third-order valence-corrected chi connectivity index (χ3v) is 3.57. The maximum atomic E-state index is 11.2. The van der Waals surface area contributed by atoms with E-state index in [0.717, 1.165) is 10.5 Å². The van der Waals surface area contributed by atoms with E-state index in [4.69, 9.17) is 0 Å². The predicted molar refractivity (Wildman–Crippen MR) is 71.3 cm³/mol. The highest BCUT2D eigenvalue weighted by Crippen LogP contribution is 2.25. The highest BCUT2D eigenvalue weighted by atomic mass is 32.2. The van der Waals surface area contributed by atoms with Crippen molar-refractivity contribution in [3.05, 3.63) is 50.5 Å². The smallest absolute Gasteiger partial charge is 0.339 e. The number of aliphatic hydroxyl groups is 1. The lowest BCUT2D eigenvalue weighted by atomic mass is 10.1. The van der Waals surface area contributed by atoms with Crippen LogP contribution in [-0.2, 0) is 7.05 Å². The standard InChI is InChI=1S/C12H13N3O3S/c1-7(16)8-3-5-9(6-4-8)19-12-13-10(17)11(18)14-15(12)2/h3-7,16H,1-2H3,(H,14,18)/t7-/m1/s1.